The number of nitrogens with zero attached hydrogens (tertiary/aromatic N) is 4. The number of carbonyl (C=O) groups is 1. The van der Waals surface area contributed by atoms with Gasteiger partial charge in [0.15, 0.2) is 11.2 Å². The van der Waals surface area contributed by atoms with Crippen molar-refractivity contribution in [2.75, 3.05) is 6.61 Å². The number of esters is 1. The van der Waals surface area contributed by atoms with E-state index in [0.717, 1.165) is 0 Å². The second-order valence-corrected chi connectivity index (χ2v) is 7.60. The summed E-state index contributed by atoms with van der Waals surface area (Å²) in [6.45, 7) is 7.62. The molecule has 0 aliphatic carbocycles. The zero-order chi connectivity index (χ0) is 21.3. The fraction of sp³-hybridized carbons (Fsp3) is 0.400. The average molecular weight is 419 g/mol. The van der Waals surface area contributed by atoms with Crippen LogP contribution in [0.3, 0.4) is 0 Å². The highest BCUT2D eigenvalue weighted by molar-refractivity contribution is 6.30. The number of hydrogen-bond donors (Lipinski definition) is 0. The molecule has 0 aliphatic rings. The summed E-state index contributed by atoms with van der Waals surface area (Å²) < 4.78 is 9.05. The minimum absolute atomic E-state index is 0.0597. The first kappa shape index (κ1) is 20.9. The Morgan fingerprint density at radius 2 is 1.97 bits per heavy atom. The Morgan fingerprint density at radius 1 is 1.24 bits per heavy atom. The summed E-state index contributed by atoms with van der Waals surface area (Å²) in [6, 6.07) is 5.97. The van der Waals surface area contributed by atoms with Gasteiger partial charge in [-0.1, -0.05) is 31.5 Å². The van der Waals surface area contributed by atoms with Crippen molar-refractivity contribution in [3.8, 4) is 5.69 Å². The summed E-state index contributed by atoms with van der Waals surface area (Å²) in [5.41, 5.74) is -0.193. The Kier molecular flexibility index (Phi) is 5.93. The number of hydrogen-bond acceptors (Lipinski definition) is 5. The molecule has 0 saturated carbocycles. The van der Waals surface area contributed by atoms with Crippen LogP contribution in [0, 0.1) is 5.92 Å². The highest BCUT2D eigenvalue weighted by Gasteiger charge is 2.25. The molecule has 1 aromatic carbocycles. The largest absolute Gasteiger partial charge is 0.464 e. The quantitative estimate of drug-likeness (QED) is 0.574. The van der Waals surface area contributed by atoms with Gasteiger partial charge in [0.05, 0.1) is 18.6 Å². The van der Waals surface area contributed by atoms with Gasteiger partial charge in [-0.15, -0.1) is 0 Å². The molecule has 0 bridgehead atoms. The minimum Gasteiger partial charge on any atom is -0.464 e. The van der Waals surface area contributed by atoms with Crippen LogP contribution in [0.4, 0.5) is 0 Å². The average Bonchev–Trinajstić information content (AvgIpc) is 3.09. The monoisotopic (exact) mass is 418 g/mol. The van der Waals surface area contributed by atoms with Gasteiger partial charge in [-0.2, -0.15) is 0 Å². The second kappa shape index (κ2) is 8.24. The van der Waals surface area contributed by atoms with Crippen molar-refractivity contribution < 1.29 is 9.53 Å². The number of halogens is 1. The Hall–Kier alpha value is -2.87. The van der Waals surface area contributed by atoms with E-state index < -0.39 is 23.3 Å². The minimum atomic E-state index is -0.773. The van der Waals surface area contributed by atoms with Gasteiger partial charge >= 0.3 is 11.7 Å². The third kappa shape index (κ3) is 3.85. The van der Waals surface area contributed by atoms with Crippen LogP contribution in [-0.4, -0.2) is 31.3 Å². The molecule has 2 aromatic heterocycles. The van der Waals surface area contributed by atoms with Crippen molar-refractivity contribution >= 4 is 28.7 Å². The summed E-state index contributed by atoms with van der Waals surface area (Å²) in [5.74, 6) is -0.424. The number of aromatic nitrogens is 4. The fourth-order valence-corrected chi connectivity index (χ4v) is 3.38. The maximum atomic E-state index is 13.2. The number of rotatable bonds is 6. The van der Waals surface area contributed by atoms with Crippen LogP contribution in [-0.2, 0) is 16.1 Å². The van der Waals surface area contributed by atoms with Gasteiger partial charge < -0.3 is 9.30 Å². The summed E-state index contributed by atoms with van der Waals surface area (Å²) in [7, 11) is 0. The normalized spacial score (nSPS) is 12.5. The molecule has 0 fully saturated rings. The van der Waals surface area contributed by atoms with Crippen LogP contribution in [0.2, 0.25) is 5.02 Å². The van der Waals surface area contributed by atoms with E-state index in [-0.39, 0.29) is 30.2 Å². The third-order valence-electron chi connectivity index (χ3n) is 4.52. The van der Waals surface area contributed by atoms with Gasteiger partial charge in [-0.05, 0) is 38.0 Å². The van der Waals surface area contributed by atoms with E-state index in [2.05, 4.69) is 4.98 Å². The fourth-order valence-electron chi connectivity index (χ4n) is 3.19. The first-order chi connectivity index (χ1) is 13.8. The maximum absolute atomic E-state index is 13.2. The lowest BCUT2D eigenvalue weighted by atomic mass is 10.2. The number of fused-ring (bicyclic) bond motifs is 1. The molecule has 8 nitrogen and oxygen atoms in total. The lowest BCUT2D eigenvalue weighted by Gasteiger charge is -2.16. The zero-order valence-electron chi connectivity index (χ0n) is 16.8. The summed E-state index contributed by atoms with van der Waals surface area (Å²) in [5, 5.41) is 0.448. The maximum Gasteiger partial charge on any atom is 0.337 e. The van der Waals surface area contributed by atoms with E-state index in [1.54, 1.807) is 38.1 Å². The Bertz CT molecular complexity index is 1180. The van der Waals surface area contributed by atoms with Crippen LogP contribution in [0.15, 0.2) is 40.2 Å². The van der Waals surface area contributed by atoms with Gasteiger partial charge in [-0.3, -0.25) is 9.36 Å². The van der Waals surface area contributed by atoms with Crippen LogP contribution >= 0.6 is 11.6 Å². The molecule has 154 valence electrons. The van der Waals surface area contributed by atoms with E-state index in [1.807, 2.05) is 13.8 Å². The molecule has 3 aromatic rings. The van der Waals surface area contributed by atoms with Crippen molar-refractivity contribution in [3.05, 3.63) is 56.5 Å². The molecule has 1 unspecified atom stereocenters. The molecule has 2 heterocycles. The predicted molar refractivity (Wildman–Crippen MR) is 111 cm³/mol. The molecule has 0 radical (unpaired) electrons. The molecule has 1 atom stereocenters. The molecular weight excluding hydrogens is 396 g/mol. The standard InChI is InChI=1S/C20H23ClN4O4/c1-5-29-19(27)13(4)24-11-22-17-16(24)18(26)23(10-12(2)3)20(28)25(17)15-8-6-7-14(21)9-15/h6-9,11-13H,5,10H2,1-4H3. The van der Waals surface area contributed by atoms with Gasteiger partial charge in [0.2, 0.25) is 0 Å². The molecule has 9 heteroatoms. The second-order valence-electron chi connectivity index (χ2n) is 7.16. The van der Waals surface area contributed by atoms with E-state index in [1.165, 1.54) is 20.0 Å². The van der Waals surface area contributed by atoms with Crippen molar-refractivity contribution in [1.82, 2.24) is 18.7 Å². The van der Waals surface area contributed by atoms with Crippen LogP contribution in [0.1, 0.15) is 33.7 Å². The highest BCUT2D eigenvalue weighted by atomic mass is 35.5. The molecule has 0 aliphatic heterocycles. The lowest BCUT2D eigenvalue weighted by molar-refractivity contribution is -0.146. The molecular formula is C20H23ClN4O4. The zero-order valence-corrected chi connectivity index (χ0v) is 17.5. The van der Waals surface area contributed by atoms with Crippen molar-refractivity contribution in [3.63, 3.8) is 0 Å². The van der Waals surface area contributed by atoms with Crippen LogP contribution in [0.5, 0.6) is 0 Å². The van der Waals surface area contributed by atoms with Crippen molar-refractivity contribution in [1.29, 1.82) is 0 Å². The molecule has 0 saturated heterocycles. The van der Waals surface area contributed by atoms with Crippen molar-refractivity contribution in [2.45, 2.75) is 40.3 Å². The predicted octanol–water partition coefficient (Wildman–Crippen LogP) is 2.78. The topological polar surface area (TPSA) is 88.1 Å². The lowest BCUT2D eigenvalue weighted by Crippen LogP contribution is -2.41. The van der Waals surface area contributed by atoms with Gasteiger partial charge in [0.25, 0.3) is 5.56 Å². The summed E-state index contributed by atoms with van der Waals surface area (Å²) in [6.07, 6.45) is 1.38. The van der Waals surface area contributed by atoms with Gasteiger partial charge in [-0.25, -0.2) is 19.1 Å². The SMILES string of the molecule is CCOC(=O)C(C)n1cnc2c1c(=O)n(CC(C)C)c(=O)n2-c1cccc(Cl)c1. The summed E-state index contributed by atoms with van der Waals surface area (Å²) in [4.78, 5) is 43.0. The van der Waals surface area contributed by atoms with E-state index in [0.29, 0.717) is 10.7 Å². The Balaban J connectivity index is 2.38. The van der Waals surface area contributed by atoms with Gasteiger partial charge in [0, 0.05) is 11.6 Å². The van der Waals surface area contributed by atoms with E-state index in [4.69, 9.17) is 16.3 Å². The smallest absolute Gasteiger partial charge is 0.337 e. The molecule has 0 amide bonds. The Labute approximate surface area is 172 Å². The first-order valence-electron chi connectivity index (χ1n) is 9.41. The third-order valence-corrected chi connectivity index (χ3v) is 4.75. The van der Waals surface area contributed by atoms with E-state index in [9.17, 15) is 14.4 Å². The molecule has 0 N–H and O–H groups in total. The summed E-state index contributed by atoms with van der Waals surface area (Å²) >= 11 is 6.11. The molecule has 3 rings (SSSR count). The highest BCUT2D eigenvalue weighted by Crippen LogP contribution is 2.20. The van der Waals surface area contributed by atoms with Crippen LogP contribution < -0.4 is 11.2 Å². The molecule has 29 heavy (non-hydrogen) atoms. The number of benzene rings is 1. The number of carbonyl (C=O) groups excluding carboxylic acids is 1. The number of imidazole rings is 1. The van der Waals surface area contributed by atoms with Crippen molar-refractivity contribution in [2.24, 2.45) is 5.92 Å². The Morgan fingerprint density at radius 3 is 2.59 bits per heavy atom. The van der Waals surface area contributed by atoms with Crippen LogP contribution in [0.25, 0.3) is 16.9 Å². The van der Waals surface area contributed by atoms with E-state index >= 15 is 0 Å². The first-order valence-corrected chi connectivity index (χ1v) is 9.79. The number of ether oxygens (including phenoxy) is 1. The van der Waals surface area contributed by atoms with Gasteiger partial charge in [0.1, 0.15) is 6.04 Å². The molecule has 0 spiro atoms.